The topological polar surface area (TPSA) is 37.3 Å². The Hall–Kier alpha value is 0.326. The van der Waals surface area contributed by atoms with Gasteiger partial charge in [0.1, 0.15) is 0 Å². The number of benzene rings is 1. The minimum atomic E-state index is -0.872. The van der Waals surface area contributed by atoms with Gasteiger partial charge in [-0.3, -0.25) is 0 Å². The number of aromatic carboxylic acids is 1. The van der Waals surface area contributed by atoms with E-state index in [2.05, 4.69) is 0 Å². The van der Waals surface area contributed by atoms with Gasteiger partial charge in [0.2, 0.25) is 0 Å². The third kappa shape index (κ3) is 3.49. The number of hydrogen-bond acceptors (Lipinski definition) is 1. The first-order valence-corrected chi connectivity index (χ1v) is 3.00. The summed E-state index contributed by atoms with van der Waals surface area (Å²) >= 11 is 0. The summed E-state index contributed by atoms with van der Waals surface area (Å²) in [5.41, 5.74) is 1.32. The van der Waals surface area contributed by atoms with Crippen LogP contribution in [0.25, 0.3) is 0 Å². The molecule has 0 fully saturated rings. The van der Waals surface area contributed by atoms with Crippen LogP contribution in [-0.4, -0.2) is 62.5 Å². The molecule has 0 spiro atoms. The average Bonchev–Trinajstić information content (AvgIpc) is 1.88. The zero-order valence-electron chi connectivity index (χ0n) is 6.66. The third-order valence-electron chi connectivity index (χ3n) is 1.27. The summed E-state index contributed by atoms with van der Waals surface area (Å²) in [4.78, 5) is 10.4. The number of hydrogen-bond donors (Lipinski definition) is 1. The fourth-order valence-corrected chi connectivity index (χ4v) is 0.778. The zero-order valence-corrected chi connectivity index (χ0v) is 9.79. The maximum Gasteiger partial charge on any atom is 0.335 e. The molecule has 1 aromatic rings. The minimum absolute atomic E-state index is 0. The number of carbonyl (C=O) groups is 1. The van der Waals surface area contributed by atoms with Crippen molar-refractivity contribution in [3.63, 3.8) is 0 Å². The molecule has 53 valence electrons. The molecule has 0 saturated heterocycles. The van der Waals surface area contributed by atoms with E-state index in [1.54, 1.807) is 18.2 Å². The molecule has 0 bridgehead atoms. The maximum absolute atomic E-state index is 10.4. The average molecular weight is 175 g/mol. The van der Waals surface area contributed by atoms with E-state index in [1.807, 2.05) is 13.0 Å². The van der Waals surface area contributed by atoms with Crippen LogP contribution in [0, 0.1) is 6.92 Å². The minimum Gasteiger partial charge on any atom is -0.478 e. The molecule has 0 aliphatic heterocycles. The molecule has 0 unspecified atom stereocenters. The van der Waals surface area contributed by atoms with E-state index in [4.69, 9.17) is 5.11 Å². The van der Waals surface area contributed by atoms with E-state index in [0.29, 0.717) is 5.56 Å². The summed E-state index contributed by atoms with van der Waals surface area (Å²) in [6, 6.07) is 6.82. The SMILES string of the molecule is Cc1cccc(C(=O)O)c1.[K]. The van der Waals surface area contributed by atoms with Gasteiger partial charge in [-0.1, -0.05) is 17.7 Å². The van der Waals surface area contributed by atoms with Crippen LogP contribution in [0.3, 0.4) is 0 Å². The fraction of sp³-hybridized carbons (Fsp3) is 0.125. The molecule has 0 amide bonds. The first-order valence-electron chi connectivity index (χ1n) is 3.00. The predicted molar refractivity (Wildman–Crippen MR) is 43.9 cm³/mol. The van der Waals surface area contributed by atoms with Gasteiger partial charge in [-0.25, -0.2) is 4.79 Å². The molecular weight excluding hydrogens is 167 g/mol. The Morgan fingerprint density at radius 2 is 2.09 bits per heavy atom. The molecule has 3 heteroatoms. The number of aryl methyl sites for hydroxylation is 1. The van der Waals surface area contributed by atoms with E-state index in [1.165, 1.54) is 0 Å². The molecule has 0 heterocycles. The Balaban J connectivity index is 0.000001000. The van der Waals surface area contributed by atoms with Crippen molar-refractivity contribution < 1.29 is 9.90 Å². The van der Waals surface area contributed by atoms with Gasteiger partial charge < -0.3 is 5.11 Å². The van der Waals surface area contributed by atoms with Gasteiger partial charge in [-0.05, 0) is 19.1 Å². The van der Waals surface area contributed by atoms with Crippen molar-refractivity contribution in [3.05, 3.63) is 35.4 Å². The first-order chi connectivity index (χ1) is 4.70. The van der Waals surface area contributed by atoms with Gasteiger partial charge in [0, 0.05) is 51.4 Å². The van der Waals surface area contributed by atoms with Gasteiger partial charge in [-0.2, -0.15) is 0 Å². The van der Waals surface area contributed by atoms with E-state index in [-0.39, 0.29) is 51.4 Å². The Kier molecular flexibility index (Phi) is 5.21. The second-order valence-electron chi connectivity index (χ2n) is 2.17. The summed E-state index contributed by atoms with van der Waals surface area (Å²) in [6.45, 7) is 1.87. The first kappa shape index (κ1) is 11.3. The van der Waals surface area contributed by atoms with Crippen LogP contribution in [0.1, 0.15) is 15.9 Å². The van der Waals surface area contributed by atoms with Crippen molar-refractivity contribution in [1.29, 1.82) is 0 Å². The van der Waals surface area contributed by atoms with Crippen LogP contribution < -0.4 is 0 Å². The second kappa shape index (κ2) is 5.06. The number of carboxylic acid groups (broad SMARTS) is 1. The van der Waals surface area contributed by atoms with Gasteiger partial charge >= 0.3 is 5.97 Å². The van der Waals surface area contributed by atoms with E-state index in [0.717, 1.165) is 5.56 Å². The largest absolute Gasteiger partial charge is 0.478 e. The van der Waals surface area contributed by atoms with Crippen LogP contribution in [-0.2, 0) is 0 Å². The summed E-state index contributed by atoms with van der Waals surface area (Å²) in [7, 11) is 0. The smallest absolute Gasteiger partial charge is 0.335 e. The number of carboxylic acids is 1. The third-order valence-corrected chi connectivity index (χ3v) is 1.27. The monoisotopic (exact) mass is 175 g/mol. The van der Waals surface area contributed by atoms with Gasteiger partial charge in [0.25, 0.3) is 0 Å². The Labute approximate surface area is 108 Å². The van der Waals surface area contributed by atoms with Crippen molar-refractivity contribution in [3.8, 4) is 0 Å². The van der Waals surface area contributed by atoms with Crippen LogP contribution >= 0.6 is 0 Å². The molecule has 0 atom stereocenters. The van der Waals surface area contributed by atoms with Crippen LogP contribution in [0.4, 0.5) is 0 Å². The van der Waals surface area contributed by atoms with Crippen molar-refractivity contribution >= 4 is 57.4 Å². The molecule has 0 aliphatic rings. The molecule has 0 aromatic heterocycles. The fourth-order valence-electron chi connectivity index (χ4n) is 0.778. The van der Waals surface area contributed by atoms with E-state index < -0.39 is 5.97 Å². The molecule has 1 radical (unpaired) electrons. The van der Waals surface area contributed by atoms with E-state index >= 15 is 0 Å². The van der Waals surface area contributed by atoms with Crippen LogP contribution in [0.2, 0.25) is 0 Å². The van der Waals surface area contributed by atoms with Gasteiger partial charge in [0.15, 0.2) is 0 Å². The normalized spacial score (nSPS) is 8.45. The molecule has 1 N–H and O–H groups in total. The zero-order chi connectivity index (χ0) is 7.56. The summed E-state index contributed by atoms with van der Waals surface area (Å²) < 4.78 is 0. The Morgan fingerprint density at radius 3 is 2.45 bits per heavy atom. The molecule has 11 heavy (non-hydrogen) atoms. The molecule has 0 saturated carbocycles. The Bertz CT molecular complexity index is 258. The van der Waals surface area contributed by atoms with Crippen molar-refractivity contribution in [2.45, 2.75) is 6.92 Å². The molecule has 1 aromatic carbocycles. The standard InChI is InChI=1S/C8H8O2.K/c1-6-3-2-4-7(5-6)8(9)10;/h2-5H,1H3,(H,9,10);. The molecule has 2 nitrogen and oxygen atoms in total. The summed E-state index contributed by atoms with van der Waals surface area (Å²) in [5, 5.41) is 8.51. The number of rotatable bonds is 1. The summed E-state index contributed by atoms with van der Waals surface area (Å²) in [6.07, 6.45) is 0. The van der Waals surface area contributed by atoms with Gasteiger partial charge in [-0.15, -0.1) is 0 Å². The maximum atomic E-state index is 10.4. The van der Waals surface area contributed by atoms with E-state index in [9.17, 15) is 4.79 Å². The summed E-state index contributed by atoms with van der Waals surface area (Å²) in [5.74, 6) is -0.872. The van der Waals surface area contributed by atoms with Crippen LogP contribution in [0.15, 0.2) is 24.3 Å². The predicted octanol–water partition coefficient (Wildman–Crippen LogP) is 1.31. The molecule has 1 rings (SSSR count). The quantitative estimate of drug-likeness (QED) is 0.653. The molecule has 0 aliphatic carbocycles. The van der Waals surface area contributed by atoms with Crippen molar-refractivity contribution in [1.82, 2.24) is 0 Å². The van der Waals surface area contributed by atoms with Crippen molar-refractivity contribution in [2.75, 3.05) is 0 Å². The molecular formula is C8H8KO2. The van der Waals surface area contributed by atoms with Gasteiger partial charge in [0.05, 0.1) is 5.56 Å². The van der Waals surface area contributed by atoms with Crippen LogP contribution in [0.5, 0.6) is 0 Å². The van der Waals surface area contributed by atoms with Crippen molar-refractivity contribution in [2.24, 2.45) is 0 Å². The Morgan fingerprint density at radius 1 is 1.45 bits per heavy atom. The second-order valence-corrected chi connectivity index (χ2v) is 2.17.